The van der Waals surface area contributed by atoms with Gasteiger partial charge in [0.2, 0.25) is 0 Å². The number of aromatic nitrogens is 2. The summed E-state index contributed by atoms with van der Waals surface area (Å²) < 4.78 is 0. The number of fused-ring (bicyclic) bond motifs is 1. The van der Waals surface area contributed by atoms with Crippen molar-refractivity contribution < 1.29 is 5.11 Å². The highest BCUT2D eigenvalue weighted by molar-refractivity contribution is 5.79. The number of nitrogens with zero attached hydrogens (tertiary/aromatic N) is 1. The minimum Gasteiger partial charge on any atom is -0.394 e. The van der Waals surface area contributed by atoms with Crippen molar-refractivity contribution in [3.63, 3.8) is 0 Å². The highest BCUT2D eigenvalue weighted by Gasteiger charge is 2.33. The van der Waals surface area contributed by atoms with Gasteiger partial charge in [-0.05, 0) is 49.3 Å². The van der Waals surface area contributed by atoms with Crippen molar-refractivity contribution in [2.75, 3.05) is 6.61 Å². The summed E-state index contributed by atoms with van der Waals surface area (Å²) in [6.45, 7) is 3.30. The Morgan fingerprint density at radius 1 is 1.45 bits per heavy atom. The quantitative estimate of drug-likeness (QED) is 0.802. The van der Waals surface area contributed by atoms with Crippen LogP contribution in [0.1, 0.15) is 38.2 Å². The average Bonchev–Trinajstić information content (AvgIpc) is 2.91. The molecule has 0 aromatic carbocycles. The second kappa shape index (κ2) is 5.54. The molecule has 0 atom stereocenters. The SMILES string of the molecule is CC1CCC(CO)(NCc2c[nH]c3ncccc23)CC1. The number of aromatic amines is 1. The molecule has 0 aliphatic heterocycles. The number of hydrogen-bond acceptors (Lipinski definition) is 3. The molecule has 0 spiro atoms. The minimum atomic E-state index is -0.0989. The molecular weight excluding hydrogens is 250 g/mol. The average molecular weight is 273 g/mol. The van der Waals surface area contributed by atoms with Crippen LogP contribution in [0, 0.1) is 5.92 Å². The molecule has 2 aromatic heterocycles. The van der Waals surface area contributed by atoms with E-state index in [1.54, 1.807) is 6.20 Å². The van der Waals surface area contributed by atoms with Gasteiger partial charge in [0.1, 0.15) is 5.65 Å². The van der Waals surface area contributed by atoms with Gasteiger partial charge in [-0.1, -0.05) is 6.92 Å². The predicted octanol–water partition coefficient (Wildman–Crippen LogP) is 2.59. The van der Waals surface area contributed by atoms with Crippen LogP contribution in [0.4, 0.5) is 0 Å². The van der Waals surface area contributed by atoms with Crippen LogP contribution < -0.4 is 5.32 Å². The van der Waals surface area contributed by atoms with E-state index in [2.05, 4.69) is 28.3 Å². The van der Waals surface area contributed by atoms with Gasteiger partial charge in [0.05, 0.1) is 6.61 Å². The van der Waals surface area contributed by atoms with E-state index >= 15 is 0 Å². The summed E-state index contributed by atoms with van der Waals surface area (Å²) in [7, 11) is 0. The third-order valence-electron chi connectivity index (χ3n) is 4.72. The Labute approximate surface area is 119 Å². The Morgan fingerprint density at radius 2 is 2.25 bits per heavy atom. The van der Waals surface area contributed by atoms with E-state index < -0.39 is 0 Å². The molecule has 0 radical (unpaired) electrons. The maximum absolute atomic E-state index is 9.79. The number of hydrogen-bond donors (Lipinski definition) is 3. The molecular formula is C16H23N3O. The molecule has 0 bridgehead atoms. The largest absolute Gasteiger partial charge is 0.394 e. The van der Waals surface area contributed by atoms with Crippen LogP contribution in [0.3, 0.4) is 0 Å². The topological polar surface area (TPSA) is 60.9 Å². The van der Waals surface area contributed by atoms with Crippen LogP contribution in [0.15, 0.2) is 24.5 Å². The predicted molar refractivity (Wildman–Crippen MR) is 80.4 cm³/mol. The number of rotatable bonds is 4. The van der Waals surface area contributed by atoms with Gasteiger partial charge in [-0.25, -0.2) is 4.98 Å². The molecule has 2 aromatic rings. The summed E-state index contributed by atoms with van der Waals surface area (Å²) in [4.78, 5) is 7.51. The zero-order valence-corrected chi connectivity index (χ0v) is 12.0. The summed E-state index contributed by atoms with van der Waals surface area (Å²) in [5.74, 6) is 0.786. The van der Waals surface area contributed by atoms with E-state index in [-0.39, 0.29) is 12.1 Å². The van der Waals surface area contributed by atoms with Crippen LogP contribution in [-0.2, 0) is 6.54 Å². The van der Waals surface area contributed by atoms with E-state index in [9.17, 15) is 5.11 Å². The molecule has 0 saturated heterocycles. The van der Waals surface area contributed by atoms with Gasteiger partial charge in [0.15, 0.2) is 0 Å². The monoisotopic (exact) mass is 273 g/mol. The molecule has 0 amide bonds. The lowest BCUT2D eigenvalue weighted by atomic mass is 9.77. The summed E-state index contributed by atoms with van der Waals surface area (Å²) >= 11 is 0. The molecule has 20 heavy (non-hydrogen) atoms. The number of aliphatic hydroxyl groups is 1. The van der Waals surface area contributed by atoms with Crippen molar-refractivity contribution in [2.45, 2.75) is 44.7 Å². The van der Waals surface area contributed by atoms with Crippen LogP contribution in [0.2, 0.25) is 0 Å². The van der Waals surface area contributed by atoms with Gasteiger partial charge < -0.3 is 15.4 Å². The molecule has 1 fully saturated rings. The van der Waals surface area contributed by atoms with Gasteiger partial charge >= 0.3 is 0 Å². The lowest BCUT2D eigenvalue weighted by molar-refractivity contribution is 0.104. The second-order valence-corrected chi connectivity index (χ2v) is 6.19. The molecule has 4 heteroatoms. The van der Waals surface area contributed by atoms with Crippen molar-refractivity contribution in [2.24, 2.45) is 5.92 Å². The molecule has 3 N–H and O–H groups in total. The van der Waals surface area contributed by atoms with Crippen molar-refractivity contribution >= 4 is 11.0 Å². The lowest BCUT2D eigenvalue weighted by Crippen LogP contribution is -2.50. The first-order valence-corrected chi connectivity index (χ1v) is 7.49. The van der Waals surface area contributed by atoms with Gasteiger partial charge in [-0.3, -0.25) is 0 Å². The fourth-order valence-electron chi connectivity index (χ4n) is 3.15. The summed E-state index contributed by atoms with van der Waals surface area (Å²) in [6, 6.07) is 4.05. The van der Waals surface area contributed by atoms with Gasteiger partial charge in [0, 0.05) is 29.9 Å². The van der Waals surface area contributed by atoms with Crippen molar-refractivity contribution in [1.29, 1.82) is 0 Å². The Kier molecular flexibility index (Phi) is 3.76. The Hall–Kier alpha value is -1.39. The van der Waals surface area contributed by atoms with Crippen LogP contribution >= 0.6 is 0 Å². The lowest BCUT2D eigenvalue weighted by Gasteiger charge is -2.39. The molecule has 0 unspecified atom stereocenters. The fourth-order valence-corrected chi connectivity index (χ4v) is 3.15. The molecule has 108 valence electrons. The second-order valence-electron chi connectivity index (χ2n) is 6.19. The first kappa shape index (κ1) is 13.6. The fraction of sp³-hybridized carbons (Fsp3) is 0.562. The van der Waals surface area contributed by atoms with Crippen LogP contribution in [-0.4, -0.2) is 27.2 Å². The molecule has 2 heterocycles. The Balaban J connectivity index is 1.72. The number of aliphatic hydroxyl groups excluding tert-OH is 1. The Morgan fingerprint density at radius 3 is 3.00 bits per heavy atom. The maximum atomic E-state index is 9.79. The molecule has 3 rings (SSSR count). The minimum absolute atomic E-state index is 0.0989. The van der Waals surface area contributed by atoms with Crippen LogP contribution in [0.5, 0.6) is 0 Å². The first-order chi connectivity index (χ1) is 9.72. The highest BCUT2D eigenvalue weighted by Crippen LogP contribution is 2.32. The van der Waals surface area contributed by atoms with E-state index in [1.165, 1.54) is 18.4 Å². The van der Waals surface area contributed by atoms with E-state index in [0.717, 1.165) is 36.3 Å². The number of nitrogens with one attached hydrogen (secondary N) is 2. The zero-order chi connectivity index (χ0) is 14.0. The smallest absolute Gasteiger partial charge is 0.137 e. The molecule has 1 saturated carbocycles. The summed E-state index contributed by atoms with van der Waals surface area (Å²) in [5, 5.41) is 14.6. The van der Waals surface area contributed by atoms with Crippen molar-refractivity contribution in [1.82, 2.24) is 15.3 Å². The highest BCUT2D eigenvalue weighted by atomic mass is 16.3. The third kappa shape index (κ3) is 2.58. The summed E-state index contributed by atoms with van der Waals surface area (Å²) in [6.07, 6.45) is 8.33. The maximum Gasteiger partial charge on any atom is 0.137 e. The van der Waals surface area contributed by atoms with Gasteiger partial charge in [-0.15, -0.1) is 0 Å². The Bertz CT molecular complexity index is 570. The third-order valence-corrected chi connectivity index (χ3v) is 4.72. The van der Waals surface area contributed by atoms with Gasteiger partial charge in [-0.2, -0.15) is 0 Å². The summed E-state index contributed by atoms with van der Waals surface area (Å²) in [5.41, 5.74) is 2.05. The first-order valence-electron chi connectivity index (χ1n) is 7.49. The molecule has 1 aliphatic carbocycles. The van der Waals surface area contributed by atoms with Crippen LogP contribution in [0.25, 0.3) is 11.0 Å². The number of pyridine rings is 1. The van der Waals surface area contributed by atoms with E-state index in [1.807, 2.05) is 12.3 Å². The normalized spacial score (nSPS) is 27.0. The standard InChI is InChI=1S/C16H23N3O/c1-12-4-6-16(11-20,7-5-12)19-10-13-9-18-15-14(13)3-2-8-17-15/h2-3,8-9,12,19-20H,4-7,10-11H2,1H3,(H,17,18). The number of H-pyrrole nitrogens is 1. The zero-order valence-electron chi connectivity index (χ0n) is 12.0. The van der Waals surface area contributed by atoms with E-state index in [0.29, 0.717) is 0 Å². The van der Waals surface area contributed by atoms with E-state index in [4.69, 9.17) is 0 Å². The van der Waals surface area contributed by atoms with Crippen molar-refractivity contribution in [3.05, 3.63) is 30.1 Å². The van der Waals surface area contributed by atoms with Gasteiger partial charge in [0.25, 0.3) is 0 Å². The molecule has 1 aliphatic rings. The molecule has 4 nitrogen and oxygen atoms in total. The van der Waals surface area contributed by atoms with Crippen molar-refractivity contribution in [3.8, 4) is 0 Å².